The van der Waals surface area contributed by atoms with E-state index in [1.807, 2.05) is 0 Å². The zero-order valence-electron chi connectivity index (χ0n) is 23.5. The standard InChI is InChI=1S/C27H20F8N2O4.C2H4O2/c1-14-11-17(25(29,26(30,31)32)27(33,34)35)12-15(2)22(14)37(13-20(38)39)24(41)18-9-6-10-19(21(18)28)36-23(40)16-7-4-3-5-8-16;1-2(3)4/h3-12H,13H2,1-2H3,(H,36,40)(H,38,39);1H3,(H,3,4). The highest BCUT2D eigenvalue weighted by Crippen LogP contribution is 2.54. The van der Waals surface area contributed by atoms with Gasteiger partial charge in [0.2, 0.25) is 0 Å². The monoisotopic (exact) mass is 648 g/mol. The molecule has 0 aliphatic heterocycles. The number of rotatable bonds is 7. The number of aryl methyl sites for hydroxylation is 2. The summed E-state index contributed by atoms with van der Waals surface area (Å²) in [5.74, 6) is -5.89. The van der Waals surface area contributed by atoms with Gasteiger partial charge >= 0.3 is 24.0 Å². The highest BCUT2D eigenvalue weighted by atomic mass is 19.4. The Bertz CT molecular complexity index is 1550. The molecule has 0 spiro atoms. The number of benzene rings is 3. The zero-order valence-corrected chi connectivity index (χ0v) is 23.5. The van der Waals surface area contributed by atoms with Crippen LogP contribution in [0.25, 0.3) is 0 Å². The van der Waals surface area contributed by atoms with Crippen molar-refractivity contribution in [2.24, 2.45) is 0 Å². The van der Waals surface area contributed by atoms with Crippen molar-refractivity contribution in [3.8, 4) is 0 Å². The first-order valence-electron chi connectivity index (χ1n) is 12.5. The van der Waals surface area contributed by atoms with Gasteiger partial charge in [-0.25, -0.2) is 8.78 Å². The Morgan fingerprint density at radius 2 is 1.29 bits per heavy atom. The number of nitrogens with one attached hydrogen (secondary N) is 1. The van der Waals surface area contributed by atoms with E-state index in [4.69, 9.17) is 9.90 Å². The van der Waals surface area contributed by atoms with E-state index in [9.17, 15) is 50.2 Å². The molecule has 0 radical (unpaired) electrons. The van der Waals surface area contributed by atoms with Crippen molar-refractivity contribution < 1.29 is 64.5 Å². The number of hydrogen-bond donors (Lipinski definition) is 3. The molecule has 0 heterocycles. The summed E-state index contributed by atoms with van der Waals surface area (Å²) in [5, 5.41) is 19.1. The van der Waals surface area contributed by atoms with Gasteiger partial charge in [-0.2, -0.15) is 26.3 Å². The zero-order chi connectivity index (χ0) is 34.5. The summed E-state index contributed by atoms with van der Waals surface area (Å²) in [4.78, 5) is 46.8. The van der Waals surface area contributed by atoms with Crippen LogP contribution in [0.5, 0.6) is 0 Å². The number of carbonyl (C=O) groups is 4. The number of carboxylic acids is 2. The van der Waals surface area contributed by atoms with E-state index in [2.05, 4.69) is 5.32 Å². The molecule has 16 heteroatoms. The summed E-state index contributed by atoms with van der Waals surface area (Å²) in [6.45, 7) is 1.77. The normalized spacial score (nSPS) is 11.6. The van der Waals surface area contributed by atoms with Crippen LogP contribution >= 0.6 is 0 Å². The summed E-state index contributed by atoms with van der Waals surface area (Å²) in [6, 6.07) is 11.1. The number of carbonyl (C=O) groups excluding carboxylic acids is 2. The van der Waals surface area contributed by atoms with Gasteiger partial charge in [-0.05, 0) is 49.2 Å². The summed E-state index contributed by atoms with van der Waals surface area (Å²) in [7, 11) is 0. The maximum atomic E-state index is 15.4. The molecule has 8 nitrogen and oxygen atoms in total. The van der Waals surface area contributed by atoms with Gasteiger partial charge in [-0.15, -0.1) is 0 Å². The van der Waals surface area contributed by atoms with Crippen molar-refractivity contribution in [2.75, 3.05) is 16.8 Å². The topological polar surface area (TPSA) is 124 Å². The SMILES string of the molecule is CC(=O)O.Cc1cc(C(F)(C(F)(F)F)C(F)(F)F)cc(C)c1N(CC(=O)O)C(=O)c1cccc(NC(=O)c2ccccc2)c1F. The second-order valence-corrected chi connectivity index (χ2v) is 9.40. The molecule has 0 bridgehead atoms. The molecule has 45 heavy (non-hydrogen) atoms. The second kappa shape index (κ2) is 13.7. The molecule has 3 aromatic carbocycles. The van der Waals surface area contributed by atoms with Gasteiger partial charge in [0.25, 0.3) is 17.8 Å². The van der Waals surface area contributed by atoms with E-state index in [-0.39, 0.29) is 17.7 Å². The first-order valence-corrected chi connectivity index (χ1v) is 12.5. The van der Waals surface area contributed by atoms with Crippen molar-refractivity contribution in [1.82, 2.24) is 0 Å². The fourth-order valence-electron chi connectivity index (χ4n) is 4.18. The third-order valence-corrected chi connectivity index (χ3v) is 5.99. The maximum Gasteiger partial charge on any atom is 0.435 e. The summed E-state index contributed by atoms with van der Waals surface area (Å²) < 4.78 is 110. The van der Waals surface area contributed by atoms with Crippen LogP contribution in [0.4, 0.5) is 46.5 Å². The third-order valence-electron chi connectivity index (χ3n) is 5.99. The Balaban J connectivity index is 0.00000166. The Kier molecular flexibility index (Phi) is 11.0. The molecule has 0 aliphatic rings. The number of alkyl halides is 7. The van der Waals surface area contributed by atoms with E-state index in [1.54, 1.807) is 18.2 Å². The predicted molar refractivity (Wildman–Crippen MR) is 144 cm³/mol. The summed E-state index contributed by atoms with van der Waals surface area (Å²) in [5.41, 5.74) is -10.2. The molecular formula is C29H24F8N2O6. The lowest BCUT2D eigenvalue weighted by molar-refractivity contribution is -0.348. The van der Waals surface area contributed by atoms with Crippen LogP contribution in [0.2, 0.25) is 0 Å². The van der Waals surface area contributed by atoms with E-state index in [0.29, 0.717) is 4.90 Å². The van der Waals surface area contributed by atoms with Crippen molar-refractivity contribution in [1.29, 1.82) is 0 Å². The predicted octanol–water partition coefficient (Wildman–Crippen LogP) is 6.81. The lowest BCUT2D eigenvalue weighted by Gasteiger charge is -2.32. The smallest absolute Gasteiger partial charge is 0.435 e. The largest absolute Gasteiger partial charge is 0.481 e. The molecule has 0 atom stereocenters. The number of anilines is 2. The highest BCUT2D eigenvalue weighted by Gasteiger charge is 2.73. The van der Waals surface area contributed by atoms with Gasteiger partial charge in [0, 0.05) is 18.1 Å². The minimum Gasteiger partial charge on any atom is -0.481 e. The number of nitrogens with zero attached hydrogens (tertiary/aromatic N) is 1. The molecule has 0 saturated heterocycles. The summed E-state index contributed by atoms with van der Waals surface area (Å²) >= 11 is 0. The molecule has 0 unspecified atom stereocenters. The van der Waals surface area contributed by atoms with E-state index in [0.717, 1.165) is 39.0 Å². The van der Waals surface area contributed by atoms with Gasteiger partial charge in [0.1, 0.15) is 6.54 Å². The summed E-state index contributed by atoms with van der Waals surface area (Å²) in [6.07, 6.45) is -12.8. The van der Waals surface area contributed by atoms with Crippen LogP contribution in [0, 0.1) is 19.7 Å². The molecule has 3 rings (SSSR count). The minimum absolute atomic E-state index is 0.143. The second-order valence-electron chi connectivity index (χ2n) is 9.40. The van der Waals surface area contributed by atoms with E-state index >= 15 is 4.39 Å². The van der Waals surface area contributed by atoms with Crippen LogP contribution in [0.15, 0.2) is 60.7 Å². The molecule has 0 fully saturated rings. The number of amides is 2. The van der Waals surface area contributed by atoms with Gasteiger partial charge in [-0.1, -0.05) is 36.4 Å². The van der Waals surface area contributed by atoms with Crippen LogP contribution < -0.4 is 10.2 Å². The quantitative estimate of drug-likeness (QED) is 0.242. The first kappa shape index (κ1) is 36.2. The fourth-order valence-corrected chi connectivity index (χ4v) is 4.18. The lowest BCUT2D eigenvalue weighted by atomic mass is 9.90. The first-order chi connectivity index (χ1) is 20.6. The van der Waals surface area contributed by atoms with Crippen LogP contribution in [0.3, 0.4) is 0 Å². The van der Waals surface area contributed by atoms with E-state index in [1.165, 1.54) is 12.1 Å². The highest BCUT2D eigenvalue weighted by molar-refractivity contribution is 6.10. The van der Waals surface area contributed by atoms with Crippen molar-refractivity contribution in [2.45, 2.75) is 38.8 Å². The molecule has 0 aromatic heterocycles. The van der Waals surface area contributed by atoms with Crippen molar-refractivity contribution >= 4 is 35.1 Å². The van der Waals surface area contributed by atoms with Crippen LogP contribution in [0.1, 0.15) is 44.3 Å². The number of carboxylic acid groups (broad SMARTS) is 2. The maximum absolute atomic E-state index is 15.4. The van der Waals surface area contributed by atoms with Crippen molar-refractivity contribution in [3.05, 3.63) is 94.3 Å². The number of hydrogen-bond acceptors (Lipinski definition) is 4. The molecule has 0 aliphatic carbocycles. The minimum atomic E-state index is -6.41. The van der Waals surface area contributed by atoms with Crippen LogP contribution in [-0.2, 0) is 15.3 Å². The molecule has 3 aromatic rings. The van der Waals surface area contributed by atoms with Crippen molar-refractivity contribution in [3.63, 3.8) is 0 Å². The molecule has 3 N–H and O–H groups in total. The average molecular weight is 649 g/mol. The molecular weight excluding hydrogens is 624 g/mol. The number of halogens is 8. The Labute approximate surface area is 249 Å². The lowest BCUT2D eigenvalue weighted by Crippen LogP contribution is -2.50. The van der Waals surface area contributed by atoms with E-state index < -0.39 is 87.8 Å². The van der Waals surface area contributed by atoms with Gasteiger partial charge in [0.05, 0.1) is 16.9 Å². The van der Waals surface area contributed by atoms with Gasteiger partial charge in [0.15, 0.2) is 5.82 Å². The fraction of sp³-hybridized carbons (Fsp3) is 0.241. The molecule has 0 saturated carbocycles. The van der Waals surface area contributed by atoms with Crippen LogP contribution in [-0.4, -0.2) is 52.9 Å². The van der Waals surface area contributed by atoms with Gasteiger partial charge in [-0.3, -0.25) is 24.1 Å². The Morgan fingerprint density at radius 1 is 0.800 bits per heavy atom. The van der Waals surface area contributed by atoms with Gasteiger partial charge < -0.3 is 15.5 Å². The third kappa shape index (κ3) is 8.13. The number of aliphatic carboxylic acids is 2. The molecule has 2 amide bonds. The average Bonchev–Trinajstić information content (AvgIpc) is 2.91. The molecule has 242 valence electrons. The Morgan fingerprint density at radius 3 is 1.73 bits per heavy atom. The Hall–Kier alpha value is -5.02.